The van der Waals surface area contributed by atoms with Crippen LogP contribution in [0.15, 0.2) is 66.9 Å². The number of rotatable bonds is 9. The zero-order valence-electron chi connectivity index (χ0n) is 20.5. The van der Waals surface area contributed by atoms with Gasteiger partial charge in [-0.05, 0) is 63.1 Å². The van der Waals surface area contributed by atoms with Crippen molar-refractivity contribution in [1.82, 2.24) is 4.98 Å². The molecule has 1 N–H and O–H groups in total. The average Bonchev–Trinajstić information content (AvgIpc) is 2.88. The van der Waals surface area contributed by atoms with E-state index >= 15 is 0 Å². The number of hydrogen-bond acceptors (Lipinski definition) is 5. The maximum atomic E-state index is 13.3. The number of nitrogens with one attached hydrogen (secondary N) is 1. The molecule has 2 aromatic carbocycles. The van der Waals surface area contributed by atoms with Gasteiger partial charge in [-0.15, -0.1) is 0 Å². The van der Waals surface area contributed by atoms with Crippen molar-refractivity contribution in [2.75, 3.05) is 34.8 Å². The van der Waals surface area contributed by atoms with Crippen LogP contribution in [0.1, 0.15) is 43.9 Å². The fraction of sp³-hybridized carbons (Fsp3) is 0.321. The van der Waals surface area contributed by atoms with Gasteiger partial charge in [-0.1, -0.05) is 30.3 Å². The Kier molecular flexibility index (Phi) is 7.65. The molecule has 182 valence electrons. The lowest BCUT2D eigenvalue weighted by Crippen LogP contribution is -2.42. The normalized spacial score (nSPS) is 14.8. The molecule has 4 rings (SSSR count). The van der Waals surface area contributed by atoms with Crippen molar-refractivity contribution in [2.45, 2.75) is 39.7 Å². The Hall–Kier alpha value is -3.87. The summed E-state index contributed by atoms with van der Waals surface area (Å²) in [4.78, 5) is 34.2. The molecule has 1 atom stereocenters. The number of carbonyl (C=O) groups excluding carboxylic acids is 2. The van der Waals surface area contributed by atoms with Crippen LogP contribution in [0.25, 0.3) is 0 Å². The van der Waals surface area contributed by atoms with Gasteiger partial charge in [0, 0.05) is 49.2 Å². The predicted molar refractivity (Wildman–Crippen MR) is 139 cm³/mol. The minimum Gasteiger partial charge on any atom is -0.472 e. The van der Waals surface area contributed by atoms with Gasteiger partial charge in [-0.25, -0.2) is 4.98 Å². The first-order valence-corrected chi connectivity index (χ1v) is 12.1. The second-order valence-corrected chi connectivity index (χ2v) is 8.55. The van der Waals surface area contributed by atoms with Gasteiger partial charge in [0.15, 0.2) is 11.6 Å². The minimum atomic E-state index is -0.728. The number of hydrogen-bond donors (Lipinski definition) is 1. The van der Waals surface area contributed by atoms with Gasteiger partial charge < -0.3 is 15.0 Å². The van der Waals surface area contributed by atoms with E-state index in [0.29, 0.717) is 31.0 Å². The monoisotopic (exact) mass is 472 g/mol. The summed E-state index contributed by atoms with van der Waals surface area (Å²) in [6.45, 7) is 8.51. The quantitative estimate of drug-likeness (QED) is 0.468. The molecule has 7 nitrogen and oxygen atoms in total. The van der Waals surface area contributed by atoms with Crippen LogP contribution in [0.2, 0.25) is 0 Å². The minimum absolute atomic E-state index is 0.0785. The average molecular weight is 473 g/mol. The van der Waals surface area contributed by atoms with Crippen molar-refractivity contribution in [1.29, 1.82) is 0 Å². The number of carbonyl (C=O) groups is 2. The van der Waals surface area contributed by atoms with Crippen LogP contribution in [-0.2, 0) is 9.59 Å². The summed E-state index contributed by atoms with van der Waals surface area (Å²) in [5.74, 6) is 0.804. The first-order valence-electron chi connectivity index (χ1n) is 12.1. The molecule has 0 bridgehead atoms. The summed E-state index contributed by atoms with van der Waals surface area (Å²) in [6, 6.07) is 19.1. The molecule has 35 heavy (non-hydrogen) atoms. The number of aromatic nitrogens is 1. The van der Waals surface area contributed by atoms with Crippen LogP contribution < -0.4 is 19.9 Å². The highest BCUT2D eigenvalue weighted by Crippen LogP contribution is 2.37. The Morgan fingerprint density at radius 1 is 1.09 bits per heavy atom. The van der Waals surface area contributed by atoms with Gasteiger partial charge in [-0.2, -0.15) is 0 Å². The summed E-state index contributed by atoms with van der Waals surface area (Å²) in [5, 5.41) is 3.01. The van der Waals surface area contributed by atoms with E-state index in [1.54, 1.807) is 17.2 Å². The molecule has 1 aliphatic heterocycles. The van der Waals surface area contributed by atoms with Crippen molar-refractivity contribution in [3.8, 4) is 5.75 Å². The lowest BCUT2D eigenvalue weighted by molar-refractivity contribution is -0.127. The summed E-state index contributed by atoms with van der Waals surface area (Å²) in [5.41, 5.74) is 3.77. The van der Waals surface area contributed by atoms with Crippen molar-refractivity contribution in [3.63, 3.8) is 0 Å². The molecule has 1 aliphatic rings. The van der Waals surface area contributed by atoms with E-state index < -0.39 is 6.10 Å². The van der Waals surface area contributed by atoms with Crippen LogP contribution in [-0.4, -0.2) is 36.4 Å². The molecule has 0 fully saturated rings. The summed E-state index contributed by atoms with van der Waals surface area (Å²) in [6.07, 6.45) is 1.71. The van der Waals surface area contributed by atoms with Gasteiger partial charge in [0.05, 0.1) is 0 Å². The zero-order valence-corrected chi connectivity index (χ0v) is 20.5. The van der Waals surface area contributed by atoms with E-state index in [0.717, 1.165) is 35.6 Å². The van der Waals surface area contributed by atoms with Gasteiger partial charge >= 0.3 is 0 Å². The Bertz CT molecular complexity index is 1180. The Morgan fingerprint density at radius 2 is 1.86 bits per heavy atom. The zero-order chi connectivity index (χ0) is 24.8. The molecule has 0 radical (unpaired) electrons. The smallest absolute Gasteiger partial charge is 0.274 e. The largest absolute Gasteiger partial charge is 0.472 e. The fourth-order valence-electron chi connectivity index (χ4n) is 4.34. The Balaban J connectivity index is 1.40. The third-order valence-electron chi connectivity index (χ3n) is 6.24. The number of benzene rings is 2. The molecule has 7 heteroatoms. The first kappa shape index (κ1) is 24.3. The van der Waals surface area contributed by atoms with E-state index in [9.17, 15) is 9.59 Å². The SMILES string of the molecule is CCN(CC)c1ccc(NC(=O)CCCN2C(=O)[C@H](c3ccccc3)Oc3cccnc32)c(C)c1. The highest BCUT2D eigenvalue weighted by Gasteiger charge is 2.36. The molecule has 2 amide bonds. The number of anilines is 3. The van der Waals surface area contributed by atoms with Crippen LogP contribution in [0.3, 0.4) is 0 Å². The highest BCUT2D eigenvalue weighted by atomic mass is 16.5. The molecule has 1 aromatic heterocycles. The number of ether oxygens (including phenoxy) is 1. The van der Waals surface area contributed by atoms with E-state index in [2.05, 4.69) is 35.1 Å². The van der Waals surface area contributed by atoms with Crippen molar-refractivity contribution in [3.05, 3.63) is 78.0 Å². The van der Waals surface area contributed by atoms with E-state index in [-0.39, 0.29) is 11.8 Å². The van der Waals surface area contributed by atoms with Crippen LogP contribution in [0.4, 0.5) is 17.2 Å². The topological polar surface area (TPSA) is 74.8 Å². The van der Waals surface area contributed by atoms with E-state index in [1.807, 2.05) is 55.5 Å². The number of pyridine rings is 1. The number of nitrogens with zero attached hydrogens (tertiary/aromatic N) is 3. The molecule has 3 aromatic rings. The third-order valence-corrected chi connectivity index (χ3v) is 6.24. The van der Waals surface area contributed by atoms with Crippen molar-refractivity contribution >= 4 is 29.0 Å². The Labute approximate surface area is 206 Å². The first-order chi connectivity index (χ1) is 17.0. The number of amides is 2. The second kappa shape index (κ2) is 11.0. The summed E-state index contributed by atoms with van der Waals surface area (Å²) < 4.78 is 5.99. The standard InChI is InChI=1S/C28H32N4O3/c1-4-31(5-2)22-15-16-23(20(3)19-22)30-25(33)14-10-18-32-27-24(13-9-17-29-27)35-26(28(32)34)21-11-7-6-8-12-21/h6-9,11-13,15-17,19,26H,4-5,10,14,18H2,1-3H3,(H,30,33)/t26-/m0/s1. The van der Waals surface area contributed by atoms with E-state index in [4.69, 9.17) is 4.74 Å². The second-order valence-electron chi connectivity index (χ2n) is 8.55. The molecule has 2 heterocycles. The van der Waals surface area contributed by atoms with Gasteiger partial charge in [0.1, 0.15) is 0 Å². The molecule has 0 unspecified atom stereocenters. The highest BCUT2D eigenvalue weighted by molar-refractivity contribution is 5.99. The molecule has 0 saturated heterocycles. The van der Waals surface area contributed by atoms with Gasteiger partial charge in [-0.3, -0.25) is 14.5 Å². The molecule has 0 saturated carbocycles. The number of aryl methyl sites for hydroxylation is 1. The fourth-order valence-corrected chi connectivity index (χ4v) is 4.34. The maximum Gasteiger partial charge on any atom is 0.274 e. The van der Waals surface area contributed by atoms with Crippen LogP contribution in [0.5, 0.6) is 5.75 Å². The van der Waals surface area contributed by atoms with Crippen molar-refractivity contribution in [2.24, 2.45) is 0 Å². The van der Waals surface area contributed by atoms with Crippen LogP contribution in [0, 0.1) is 6.92 Å². The molecular formula is C28H32N4O3. The van der Waals surface area contributed by atoms with Crippen LogP contribution >= 0.6 is 0 Å². The molecule has 0 spiro atoms. The molecular weight excluding hydrogens is 440 g/mol. The third kappa shape index (κ3) is 5.45. The van der Waals surface area contributed by atoms with Gasteiger partial charge in [0.25, 0.3) is 5.91 Å². The maximum absolute atomic E-state index is 13.3. The summed E-state index contributed by atoms with van der Waals surface area (Å²) in [7, 11) is 0. The number of fused-ring (bicyclic) bond motifs is 1. The lowest BCUT2D eigenvalue weighted by Gasteiger charge is -2.33. The van der Waals surface area contributed by atoms with Gasteiger partial charge in [0.2, 0.25) is 12.0 Å². The van der Waals surface area contributed by atoms with Crippen molar-refractivity contribution < 1.29 is 14.3 Å². The molecule has 0 aliphatic carbocycles. The van der Waals surface area contributed by atoms with E-state index in [1.165, 1.54) is 0 Å². The summed E-state index contributed by atoms with van der Waals surface area (Å²) >= 11 is 0. The lowest BCUT2D eigenvalue weighted by atomic mass is 10.1. The Morgan fingerprint density at radius 3 is 2.57 bits per heavy atom. The predicted octanol–water partition coefficient (Wildman–Crippen LogP) is 5.12.